The topological polar surface area (TPSA) is 77.2 Å². The van der Waals surface area contributed by atoms with Gasteiger partial charge in [0.05, 0.1) is 6.61 Å². The van der Waals surface area contributed by atoms with E-state index in [0.717, 1.165) is 11.8 Å². The van der Waals surface area contributed by atoms with Gasteiger partial charge in [-0.1, -0.05) is 11.8 Å². The van der Waals surface area contributed by atoms with E-state index in [1.807, 2.05) is 0 Å². The highest BCUT2D eigenvalue weighted by atomic mass is 32.2. The Labute approximate surface area is 91.6 Å². The molecule has 0 radical (unpaired) electrons. The molecule has 7 heteroatoms. The van der Waals surface area contributed by atoms with Crippen LogP contribution in [0.5, 0.6) is 0 Å². The number of thioether (sulfide) groups is 1. The van der Waals surface area contributed by atoms with E-state index >= 15 is 0 Å². The van der Waals surface area contributed by atoms with E-state index in [1.54, 1.807) is 18.5 Å². The summed E-state index contributed by atoms with van der Waals surface area (Å²) in [6, 6.07) is 0. The molecule has 1 unspecified atom stereocenters. The average Bonchev–Trinajstić information content (AvgIpc) is 2.52. The standard InChI is InChI=1S/C8H13N3O3S/c1-8(4-14-3,6(12)13)15-7-10-9-5-11(7)2/h5H,4H2,1-3H3,(H,12,13). The van der Waals surface area contributed by atoms with Crippen LogP contribution in [0.15, 0.2) is 11.5 Å². The van der Waals surface area contributed by atoms with Crippen LogP contribution in [-0.4, -0.2) is 44.3 Å². The van der Waals surface area contributed by atoms with Crippen molar-refractivity contribution in [1.82, 2.24) is 14.8 Å². The van der Waals surface area contributed by atoms with Gasteiger partial charge in [-0.2, -0.15) is 0 Å². The number of aliphatic carboxylic acids is 1. The summed E-state index contributed by atoms with van der Waals surface area (Å²) in [5.74, 6) is -0.933. The number of hydrogen-bond acceptors (Lipinski definition) is 5. The van der Waals surface area contributed by atoms with Crippen LogP contribution in [0.3, 0.4) is 0 Å². The number of hydrogen-bond donors (Lipinski definition) is 1. The van der Waals surface area contributed by atoms with E-state index in [2.05, 4.69) is 10.2 Å². The van der Waals surface area contributed by atoms with Crippen LogP contribution < -0.4 is 0 Å². The molecule has 0 spiro atoms. The molecule has 0 aliphatic carbocycles. The van der Waals surface area contributed by atoms with Crippen LogP contribution in [0.2, 0.25) is 0 Å². The van der Waals surface area contributed by atoms with Crippen molar-refractivity contribution in [2.24, 2.45) is 7.05 Å². The van der Waals surface area contributed by atoms with Crippen molar-refractivity contribution in [3.8, 4) is 0 Å². The molecule has 15 heavy (non-hydrogen) atoms. The van der Waals surface area contributed by atoms with Gasteiger partial charge in [0.2, 0.25) is 0 Å². The molecule has 1 rings (SSSR count). The highest BCUT2D eigenvalue weighted by Crippen LogP contribution is 2.31. The first kappa shape index (κ1) is 12.0. The van der Waals surface area contributed by atoms with Crippen molar-refractivity contribution >= 4 is 17.7 Å². The molecule has 0 fully saturated rings. The maximum atomic E-state index is 11.1. The molecule has 0 aliphatic rings. The smallest absolute Gasteiger partial charge is 0.322 e. The molecule has 1 atom stereocenters. The van der Waals surface area contributed by atoms with E-state index in [4.69, 9.17) is 9.84 Å². The van der Waals surface area contributed by atoms with Crippen molar-refractivity contribution in [3.05, 3.63) is 6.33 Å². The van der Waals surface area contributed by atoms with Gasteiger partial charge < -0.3 is 14.4 Å². The maximum Gasteiger partial charge on any atom is 0.322 e. The summed E-state index contributed by atoms with van der Waals surface area (Å²) in [4.78, 5) is 11.1. The van der Waals surface area contributed by atoms with Crippen LogP contribution in [0.4, 0.5) is 0 Å². The molecule has 0 bridgehead atoms. The first-order chi connectivity index (χ1) is 6.99. The minimum atomic E-state index is -1.05. The van der Waals surface area contributed by atoms with Crippen molar-refractivity contribution in [2.75, 3.05) is 13.7 Å². The van der Waals surface area contributed by atoms with Crippen molar-refractivity contribution in [2.45, 2.75) is 16.8 Å². The fraction of sp³-hybridized carbons (Fsp3) is 0.625. The Hall–Kier alpha value is -1.08. The number of aromatic nitrogens is 3. The van der Waals surface area contributed by atoms with Gasteiger partial charge in [-0.05, 0) is 6.92 Å². The molecule has 0 saturated carbocycles. The summed E-state index contributed by atoms with van der Waals surface area (Å²) in [7, 11) is 3.23. The second-order valence-electron chi connectivity index (χ2n) is 3.30. The van der Waals surface area contributed by atoms with E-state index in [-0.39, 0.29) is 6.61 Å². The van der Waals surface area contributed by atoms with Crippen molar-refractivity contribution in [3.63, 3.8) is 0 Å². The fourth-order valence-electron chi connectivity index (χ4n) is 0.977. The third-order valence-electron chi connectivity index (χ3n) is 1.86. The number of nitrogens with zero attached hydrogens (tertiary/aromatic N) is 3. The highest BCUT2D eigenvalue weighted by molar-refractivity contribution is 8.01. The lowest BCUT2D eigenvalue weighted by Gasteiger charge is -2.21. The summed E-state index contributed by atoms with van der Waals surface area (Å²) in [5, 5.41) is 17.2. The quantitative estimate of drug-likeness (QED) is 0.739. The summed E-state index contributed by atoms with van der Waals surface area (Å²) < 4.78 is 5.52. The number of methoxy groups -OCH3 is 1. The monoisotopic (exact) mass is 231 g/mol. The molecule has 1 N–H and O–H groups in total. The number of ether oxygens (including phenoxy) is 1. The Kier molecular flexibility index (Phi) is 3.70. The largest absolute Gasteiger partial charge is 0.480 e. The summed E-state index contributed by atoms with van der Waals surface area (Å²) in [6.07, 6.45) is 1.53. The van der Waals surface area contributed by atoms with Gasteiger partial charge in [0, 0.05) is 14.2 Å². The third kappa shape index (κ3) is 2.69. The normalized spacial score (nSPS) is 14.9. The van der Waals surface area contributed by atoms with Gasteiger partial charge in [-0.15, -0.1) is 10.2 Å². The SMILES string of the molecule is COCC(C)(Sc1nncn1C)C(=O)O. The predicted octanol–water partition coefficient (Wildman–Crippen LogP) is 0.397. The lowest BCUT2D eigenvalue weighted by Crippen LogP contribution is -2.36. The lowest BCUT2D eigenvalue weighted by atomic mass is 10.2. The molecule has 0 amide bonds. The third-order valence-corrected chi connectivity index (χ3v) is 3.15. The van der Waals surface area contributed by atoms with Gasteiger partial charge in [0.1, 0.15) is 11.1 Å². The Balaban J connectivity index is 2.84. The van der Waals surface area contributed by atoms with Crippen LogP contribution in [0.25, 0.3) is 0 Å². The number of carboxylic acids is 1. The first-order valence-electron chi connectivity index (χ1n) is 4.25. The maximum absolute atomic E-state index is 11.1. The van der Waals surface area contributed by atoms with Crippen LogP contribution >= 0.6 is 11.8 Å². The Morgan fingerprint density at radius 2 is 2.47 bits per heavy atom. The number of rotatable bonds is 5. The zero-order valence-corrected chi connectivity index (χ0v) is 9.61. The van der Waals surface area contributed by atoms with E-state index in [1.165, 1.54) is 13.4 Å². The van der Waals surface area contributed by atoms with Gasteiger partial charge in [0.15, 0.2) is 5.16 Å². The summed E-state index contributed by atoms with van der Waals surface area (Å²) in [6.45, 7) is 1.71. The zero-order chi connectivity index (χ0) is 11.5. The van der Waals surface area contributed by atoms with Crippen LogP contribution in [0, 0.1) is 0 Å². The van der Waals surface area contributed by atoms with Gasteiger partial charge in [-0.25, -0.2) is 0 Å². The Bertz CT molecular complexity index is 355. The van der Waals surface area contributed by atoms with Crippen LogP contribution in [0.1, 0.15) is 6.92 Å². The molecule has 0 aliphatic heterocycles. The highest BCUT2D eigenvalue weighted by Gasteiger charge is 2.36. The Morgan fingerprint density at radius 1 is 1.80 bits per heavy atom. The van der Waals surface area contributed by atoms with Crippen molar-refractivity contribution < 1.29 is 14.6 Å². The van der Waals surface area contributed by atoms with E-state index < -0.39 is 10.7 Å². The Morgan fingerprint density at radius 3 is 2.87 bits per heavy atom. The minimum Gasteiger partial charge on any atom is -0.480 e. The molecule has 0 aromatic carbocycles. The van der Waals surface area contributed by atoms with Gasteiger partial charge in [-0.3, -0.25) is 4.79 Å². The zero-order valence-electron chi connectivity index (χ0n) is 8.80. The lowest BCUT2D eigenvalue weighted by molar-refractivity contribution is -0.140. The molecular formula is C8H13N3O3S. The van der Waals surface area contributed by atoms with Crippen LogP contribution in [-0.2, 0) is 16.6 Å². The summed E-state index contributed by atoms with van der Waals surface area (Å²) in [5.41, 5.74) is 0. The molecule has 1 heterocycles. The molecule has 0 saturated heterocycles. The average molecular weight is 231 g/mol. The summed E-state index contributed by atoms with van der Waals surface area (Å²) >= 11 is 1.12. The predicted molar refractivity (Wildman–Crippen MR) is 54.8 cm³/mol. The van der Waals surface area contributed by atoms with E-state index in [0.29, 0.717) is 5.16 Å². The van der Waals surface area contributed by atoms with Crippen molar-refractivity contribution in [1.29, 1.82) is 0 Å². The molecule has 84 valence electrons. The first-order valence-corrected chi connectivity index (χ1v) is 5.06. The molecular weight excluding hydrogens is 218 g/mol. The number of carbonyl (C=O) groups is 1. The number of aryl methyl sites for hydroxylation is 1. The van der Waals surface area contributed by atoms with E-state index in [9.17, 15) is 4.79 Å². The van der Waals surface area contributed by atoms with Gasteiger partial charge in [0.25, 0.3) is 0 Å². The minimum absolute atomic E-state index is 0.111. The second-order valence-corrected chi connectivity index (χ2v) is 4.77. The molecule has 1 aromatic heterocycles. The second kappa shape index (κ2) is 4.63. The van der Waals surface area contributed by atoms with Gasteiger partial charge >= 0.3 is 5.97 Å². The number of carboxylic acid groups (broad SMARTS) is 1. The molecule has 1 aromatic rings. The molecule has 6 nitrogen and oxygen atoms in total. The fourth-order valence-corrected chi connectivity index (χ4v) is 1.92.